The number of aryl methyl sites for hydroxylation is 3. The van der Waals surface area contributed by atoms with Crippen LogP contribution in [0.3, 0.4) is 0 Å². The van der Waals surface area contributed by atoms with Crippen LogP contribution in [0.1, 0.15) is 22.8 Å². The van der Waals surface area contributed by atoms with E-state index < -0.39 is 11.9 Å². The summed E-state index contributed by atoms with van der Waals surface area (Å²) in [6.45, 7) is 7.61. The molecule has 0 bridgehead atoms. The molecule has 134 valence electrons. The summed E-state index contributed by atoms with van der Waals surface area (Å²) in [7, 11) is 0. The Morgan fingerprint density at radius 1 is 0.880 bits per heavy atom. The summed E-state index contributed by atoms with van der Waals surface area (Å²) >= 11 is 0. The highest BCUT2D eigenvalue weighted by Crippen LogP contribution is 2.29. The van der Waals surface area contributed by atoms with E-state index >= 15 is 0 Å². The van der Waals surface area contributed by atoms with Crippen LogP contribution in [-0.2, 0) is 6.18 Å². The van der Waals surface area contributed by atoms with Crippen molar-refractivity contribution in [1.29, 1.82) is 0 Å². The number of alkyl halides is 3. The van der Waals surface area contributed by atoms with Gasteiger partial charge in [0.15, 0.2) is 0 Å². The first kappa shape index (κ1) is 17.4. The van der Waals surface area contributed by atoms with Crippen LogP contribution >= 0.6 is 0 Å². The predicted octanol–water partition coefficient (Wildman–Crippen LogP) is 2.54. The summed E-state index contributed by atoms with van der Waals surface area (Å²) in [6.07, 6.45) is -2.76. The van der Waals surface area contributed by atoms with E-state index in [0.717, 1.165) is 23.3 Å². The van der Waals surface area contributed by atoms with Crippen LogP contribution in [0.15, 0.2) is 12.3 Å². The molecule has 1 saturated heterocycles. The highest BCUT2D eigenvalue weighted by Gasteiger charge is 2.34. The summed E-state index contributed by atoms with van der Waals surface area (Å²) in [4.78, 5) is 20.6. The number of halogens is 3. The molecule has 0 radical (unpaired) electrons. The van der Waals surface area contributed by atoms with E-state index in [0.29, 0.717) is 31.9 Å². The molecule has 9 heteroatoms. The van der Waals surface area contributed by atoms with Gasteiger partial charge in [0.25, 0.3) is 0 Å². The van der Waals surface area contributed by atoms with Crippen molar-refractivity contribution in [3.63, 3.8) is 0 Å². The fourth-order valence-electron chi connectivity index (χ4n) is 2.78. The number of aromatic nitrogens is 4. The normalized spacial score (nSPS) is 15.6. The van der Waals surface area contributed by atoms with Crippen molar-refractivity contribution in [1.82, 2.24) is 19.9 Å². The summed E-state index contributed by atoms with van der Waals surface area (Å²) < 4.78 is 38.8. The standard InChI is InChI=1S/C16H19F3N6/c1-10-8-13(16(17,18)19)23-15(22-10)25-6-4-24(5-7-25)14-12(3)20-9-11(2)21-14/h8-9H,4-7H2,1-3H3. The molecule has 6 nitrogen and oxygen atoms in total. The van der Waals surface area contributed by atoms with E-state index in [1.807, 2.05) is 13.8 Å². The molecule has 1 fully saturated rings. The van der Waals surface area contributed by atoms with E-state index in [4.69, 9.17) is 0 Å². The van der Waals surface area contributed by atoms with Gasteiger partial charge in [-0.25, -0.2) is 15.0 Å². The Bertz CT molecular complexity index is 769. The quantitative estimate of drug-likeness (QED) is 0.828. The van der Waals surface area contributed by atoms with Crippen molar-refractivity contribution in [2.45, 2.75) is 26.9 Å². The Balaban J connectivity index is 1.76. The van der Waals surface area contributed by atoms with E-state index in [9.17, 15) is 13.2 Å². The molecule has 0 atom stereocenters. The molecule has 2 aromatic rings. The van der Waals surface area contributed by atoms with Gasteiger partial charge in [-0.2, -0.15) is 13.2 Å². The third-order valence-corrected chi connectivity index (χ3v) is 4.05. The molecule has 25 heavy (non-hydrogen) atoms. The lowest BCUT2D eigenvalue weighted by Crippen LogP contribution is -2.48. The van der Waals surface area contributed by atoms with Crippen molar-refractivity contribution in [3.05, 3.63) is 35.0 Å². The van der Waals surface area contributed by atoms with Crippen molar-refractivity contribution in [3.8, 4) is 0 Å². The molecule has 0 spiro atoms. The third-order valence-electron chi connectivity index (χ3n) is 4.05. The zero-order valence-electron chi connectivity index (χ0n) is 14.3. The number of rotatable bonds is 2. The Hall–Kier alpha value is -2.45. The van der Waals surface area contributed by atoms with Crippen molar-refractivity contribution >= 4 is 11.8 Å². The van der Waals surface area contributed by atoms with Crippen LogP contribution in [0, 0.1) is 20.8 Å². The topological polar surface area (TPSA) is 58.0 Å². The molecular weight excluding hydrogens is 333 g/mol. The molecule has 3 heterocycles. The van der Waals surface area contributed by atoms with Gasteiger partial charge in [0.2, 0.25) is 5.95 Å². The number of anilines is 2. The van der Waals surface area contributed by atoms with Gasteiger partial charge >= 0.3 is 6.18 Å². The Morgan fingerprint density at radius 2 is 1.52 bits per heavy atom. The van der Waals surface area contributed by atoms with Crippen LogP contribution in [0.4, 0.5) is 24.9 Å². The first-order valence-corrected chi connectivity index (χ1v) is 7.97. The van der Waals surface area contributed by atoms with Crippen molar-refractivity contribution in [2.75, 3.05) is 36.0 Å². The Morgan fingerprint density at radius 3 is 2.16 bits per heavy atom. The average Bonchev–Trinajstić information content (AvgIpc) is 2.56. The lowest BCUT2D eigenvalue weighted by molar-refractivity contribution is -0.141. The molecule has 0 unspecified atom stereocenters. The van der Waals surface area contributed by atoms with Gasteiger partial charge in [-0.05, 0) is 26.8 Å². The maximum atomic E-state index is 12.9. The molecular formula is C16H19F3N6. The highest BCUT2D eigenvalue weighted by molar-refractivity contribution is 5.46. The third kappa shape index (κ3) is 3.80. The molecule has 0 amide bonds. The van der Waals surface area contributed by atoms with Crippen LogP contribution < -0.4 is 9.80 Å². The maximum Gasteiger partial charge on any atom is 0.433 e. The predicted molar refractivity (Wildman–Crippen MR) is 87.7 cm³/mol. The second kappa shape index (κ2) is 6.45. The maximum absolute atomic E-state index is 12.9. The molecule has 0 N–H and O–H groups in total. The van der Waals surface area contributed by atoms with Crippen molar-refractivity contribution in [2.24, 2.45) is 0 Å². The minimum Gasteiger partial charge on any atom is -0.352 e. The van der Waals surface area contributed by atoms with E-state index in [-0.39, 0.29) is 5.95 Å². The minimum atomic E-state index is -4.47. The summed E-state index contributed by atoms with van der Waals surface area (Å²) in [5.41, 5.74) is 1.07. The van der Waals surface area contributed by atoms with Crippen molar-refractivity contribution < 1.29 is 13.2 Å². The monoisotopic (exact) mass is 352 g/mol. The largest absolute Gasteiger partial charge is 0.433 e. The second-order valence-corrected chi connectivity index (χ2v) is 6.09. The number of hydrogen-bond donors (Lipinski definition) is 0. The summed E-state index contributed by atoms with van der Waals surface area (Å²) in [5, 5.41) is 0. The van der Waals surface area contributed by atoms with E-state index in [1.165, 1.54) is 0 Å². The van der Waals surface area contributed by atoms with Gasteiger partial charge in [0, 0.05) is 38.1 Å². The average molecular weight is 352 g/mol. The van der Waals surface area contributed by atoms with Crippen LogP contribution in [0.25, 0.3) is 0 Å². The fourth-order valence-corrected chi connectivity index (χ4v) is 2.78. The summed E-state index contributed by atoms with van der Waals surface area (Å²) in [6, 6.07) is 0.964. The van der Waals surface area contributed by atoms with E-state index in [2.05, 4.69) is 24.8 Å². The molecule has 0 aliphatic carbocycles. The lowest BCUT2D eigenvalue weighted by atomic mass is 10.3. The molecule has 1 aliphatic heterocycles. The first-order valence-electron chi connectivity index (χ1n) is 7.97. The zero-order valence-corrected chi connectivity index (χ0v) is 14.3. The number of hydrogen-bond acceptors (Lipinski definition) is 6. The van der Waals surface area contributed by atoms with Gasteiger partial charge in [-0.1, -0.05) is 0 Å². The molecule has 1 aliphatic rings. The SMILES string of the molecule is Cc1cc(C(F)(F)F)nc(N2CCN(c3nc(C)cnc3C)CC2)n1. The van der Waals surface area contributed by atoms with E-state index in [1.54, 1.807) is 18.0 Å². The highest BCUT2D eigenvalue weighted by atomic mass is 19.4. The van der Waals surface area contributed by atoms with Gasteiger partial charge in [-0.3, -0.25) is 4.98 Å². The molecule has 0 saturated carbocycles. The van der Waals surface area contributed by atoms with Gasteiger partial charge in [-0.15, -0.1) is 0 Å². The number of piperazine rings is 1. The molecule has 2 aromatic heterocycles. The lowest BCUT2D eigenvalue weighted by Gasteiger charge is -2.36. The van der Waals surface area contributed by atoms with Gasteiger partial charge in [0.1, 0.15) is 11.5 Å². The van der Waals surface area contributed by atoms with Gasteiger partial charge in [0.05, 0.1) is 11.4 Å². The Kier molecular flexibility index (Phi) is 4.49. The fraction of sp³-hybridized carbons (Fsp3) is 0.500. The molecule has 0 aromatic carbocycles. The smallest absolute Gasteiger partial charge is 0.352 e. The van der Waals surface area contributed by atoms with Crippen LogP contribution in [0.2, 0.25) is 0 Å². The minimum absolute atomic E-state index is 0.124. The van der Waals surface area contributed by atoms with Crippen LogP contribution in [0.5, 0.6) is 0 Å². The second-order valence-electron chi connectivity index (χ2n) is 6.09. The number of nitrogens with zero attached hydrogens (tertiary/aromatic N) is 6. The molecule has 3 rings (SSSR count). The van der Waals surface area contributed by atoms with Crippen LogP contribution in [-0.4, -0.2) is 46.1 Å². The Labute approximate surface area is 143 Å². The van der Waals surface area contributed by atoms with Gasteiger partial charge < -0.3 is 9.80 Å². The zero-order chi connectivity index (χ0) is 18.2. The first-order chi connectivity index (χ1) is 11.7. The summed E-state index contributed by atoms with van der Waals surface area (Å²) in [5.74, 6) is 0.944.